The number of nitrogens with zero attached hydrogens (tertiary/aromatic N) is 3. The number of aromatic nitrogens is 3. The third kappa shape index (κ3) is 2.82. The van der Waals surface area contributed by atoms with E-state index in [4.69, 9.17) is 9.47 Å². The molecule has 27 heavy (non-hydrogen) atoms. The maximum absolute atomic E-state index is 14.3. The van der Waals surface area contributed by atoms with E-state index in [0.717, 1.165) is 6.07 Å². The van der Waals surface area contributed by atoms with E-state index in [-0.39, 0.29) is 17.9 Å². The van der Waals surface area contributed by atoms with Crippen LogP contribution in [0.5, 0.6) is 5.75 Å². The van der Waals surface area contributed by atoms with Crippen LogP contribution >= 0.6 is 0 Å². The first-order valence-electron chi connectivity index (χ1n) is 8.36. The van der Waals surface area contributed by atoms with Crippen molar-refractivity contribution in [3.05, 3.63) is 76.5 Å². The summed E-state index contributed by atoms with van der Waals surface area (Å²) >= 11 is 0. The van der Waals surface area contributed by atoms with Crippen molar-refractivity contribution in [1.29, 1.82) is 0 Å². The zero-order valence-corrected chi connectivity index (χ0v) is 14.7. The lowest BCUT2D eigenvalue weighted by atomic mass is 9.92. The molecule has 0 radical (unpaired) electrons. The summed E-state index contributed by atoms with van der Waals surface area (Å²) in [5, 5.41) is 4.17. The lowest BCUT2D eigenvalue weighted by Gasteiger charge is -2.20. The van der Waals surface area contributed by atoms with Gasteiger partial charge in [-0.3, -0.25) is 0 Å². The summed E-state index contributed by atoms with van der Waals surface area (Å²) < 4.78 is 40.8. The third-order valence-electron chi connectivity index (χ3n) is 4.93. The molecule has 2 aromatic carbocycles. The first kappa shape index (κ1) is 17.4. The van der Waals surface area contributed by atoms with Gasteiger partial charge in [0.25, 0.3) is 0 Å². The molecule has 0 bridgehead atoms. The number of hydrogen-bond donors (Lipinski definition) is 0. The molecule has 6 nitrogen and oxygen atoms in total. The molecule has 1 aliphatic heterocycles. The molecule has 0 unspecified atom stereocenters. The minimum absolute atomic E-state index is 0.210. The van der Waals surface area contributed by atoms with E-state index in [9.17, 15) is 13.6 Å². The lowest BCUT2D eigenvalue weighted by Crippen LogP contribution is -2.33. The van der Waals surface area contributed by atoms with Crippen LogP contribution in [0.4, 0.5) is 8.78 Å². The summed E-state index contributed by atoms with van der Waals surface area (Å²) in [5.74, 6) is -0.702. The van der Waals surface area contributed by atoms with Gasteiger partial charge in [-0.15, -0.1) is 0 Å². The Bertz CT molecular complexity index is 1040. The summed E-state index contributed by atoms with van der Waals surface area (Å²) in [5.41, 5.74) is -0.592. The molecule has 2 heterocycles. The van der Waals surface area contributed by atoms with Crippen molar-refractivity contribution in [3.63, 3.8) is 0 Å². The standard InChI is InChI=1S/C19H17F2N3O3/c1-12(19(10-27-19)16-8-3-13(20)9-17(16)21)24-18(25)23(11-22-24)14-4-6-15(26-2)7-5-14/h3-9,11-12H,10H2,1-2H3/t12-,19-/m1/s1. The molecule has 0 saturated carbocycles. The Morgan fingerprint density at radius 2 is 1.93 bits per heavy atom. The molecule has 3 aromatic rings. The van der Waals surface area contributed by atoms with Crippen molar-refractivity contribution in [2.24, 2.45) is 0 Å². The van der Waals surface area contributed by atoms with Crippen LogP contribution in [0.15, 0.2) is 53.6 Å². The van der Waals surface area contributed by atoms with Crippen LogP contribution in [0.3, 0.4) is 0 Å². The normalized spacial score (nSPS) is 19.7. The van der Waals surface area contributed by atoms with E-state index in [1.165, 1.54) is 27.7 Å². The average Bonchev–Trinajstić information content (AvgIpc) is 3.38. The largest absolute Gasteiger partial charge is 0.497 e. The number of halogens is 2. The second-order valence-electron chi connectivity index (χ2n) is 6.40. The van der Waals surface area contributed by atoms with Gasteiger partial charge in [-0.25, -0.2) is 22.8 Å². The Balaban J connectivity index is 1.69. The van der Waals surface area contributed by atoms with Gasteiger partial charge in [-0.05, 0) is 37.3 Å². The fourth-order valence-corrected chi connectivity index (χ4v) is 3.23. The Labute approximate surface area is 153 Å². The maximum atomic E-state index is 14.3. The zero-order chi connectivity index (χ0) is 19.2. The number of rotatable bonds is 5. The van der Waals surface area contributed by atoms with Gasteiger partial charge in [0.15, 0.2) is 0 Å². The molecule has 8 heteroatoms. The van der Waals surface area contributed by atoms with Crippen LogP contribution < -0.4 is 10.4 Å². The first-order valence-corrected chi connectivity index (χ1v) is 8.36. The first-order chi connectivity index (χ1) is 13.0. The Morgan fingerprint density at radius 1 is 1.22 bits per heavy atom. The van der Waals surface area contributed by atoms with Gasteiger partial charge in [-0.2, -0.15) is 5.10 Å². The molecule has 140 valence electrons. The van der Waals surface area contributed by atoms with Crippen LogP contribution in [0.2, 0.25) is 0 Å². The molecular formula is C19H17F2N3O3. The lowest BCUT2D eigenvalue weighted by molar-refractivity contribution is 0.211. The zero-order valence-electron chi connectivity index (χ0n) is 14.7. The Hall–Kier alpha value is -3.00. The number of ether oxygens (including phenoxy) is 2. The van der Waals surface area contributed by atoms with Gasteiger partial charge in [0.2, 0.25) is 0 Å². The third-order valence-corrected chi connectivity index (χ3v) is 4.93. The fourth-order valence-electron chi connectivity index (χ4n) is 3.23. The van der Waals surface area contributed by atoms with Crippen LogP contribution in [-0.2, 0) is 10.3 Å². The predicted molar refractivity (Wildman–Crippen MR) is 93.1 cm³/mol. The second-order valence-corrected chi connectivity index (χ2v) is 6.40. The molecular weight excluding hydrogens is 356 g/mol. The van der Waals surface area contributed by atoms with Crippen LogP contribution in [0, 0.1) is 11.6 Å². The summed E-state index contributed by atoms with van der Waals surface area (Å²) in [6.45, 7) is 1.95. The number of benzene rings is 2. The van der Waals surface area contributed by atoms with Crippen molar-refractivity contribution >= 4 is 0 Å². The van der Waals surface area contributed by atoms with E-state index >= 15 is 0 Å². The predicted octanol–water partition coefficient (Wildman–Crippen LogP) is 2.81. The number of epoxide rings is 1. The van der Waals surface area contributed by atoms with Crippen LogP contribution in [-0.4, -0.2) is 28.1 Å². The van der Waals surface area contributed by atoms with E-state index in [1.54, 1.807) is 38.3 Å². The molecule has 0 spiro atoms. The molecule has 0 amide bonds. The minimum Gasteiger partial charge on any atom is -0.497 e. The highest BCUT2D eigenvalue weighted by atomic mass is 19.1. The van der Waals surface area contributed by atoms with Crippen molar-refractivity contribution in [2.45, 2.75) is 18.6 Å². The smallest absolute Gasteiger partial charge is 0.350 e. The van der Waals surface area contributed by atoms with Crippen LogP contribution in [0.25, 0.3) is 5.69 Å². The quantitative estimate of drug-likeness (QED) is 0.646. The number of methoxy groups -OCH3 is 1. The van der Waals surface area contributed by atoms with Crippen LogP contribution in [0.1, 0.15) is 18.5 Å². The Kier molecular flexibility index (Phi) is 4.07. The molecule has 2 atom stereocenters. The molecule has 1 saturated heterocycles. The highest BCUT2D eigenvalue weighted by molar-refractivity contribution is 5.37. The molecule has 0 N–H and O–H groups in total. The van der Waals surface area contributed by atoms with E-state index in [1.807, 2.05) is 0 Å². The van der Waals surface area contributed by atoms with Gasteiger partial charge in [-0.1, -0.05) is 6.07 Å². The SMILES string of the molecule is COc1ccc(-n2cnn([C@H](C)[C@@]3(c4ccc(F)cc4F)CO3)c2=O)cc1. The van der Waals surface area contributed by atoms with Gasteiger partial charge in [0, 0.05) is 11.6 Å². The molecule has 4 rings (SSSR count). The van der Waals surface area contributed by atoms with Gasteiger partial charge in [0.1, 0.15) is 29.3 Å². The van der Waals surface area contributed by atoms with Crippen molar-refractivity contribution < 1.29 is 18.3 Å². The molecule has 1 aromatic heterocycles. The van der Waals surface area contributed by atoms with Gasteiger partial charge in [0.05, 0.1) is 25.4 Å². The summed E-state index contributed by atoms with van der Waals surface area (Å²) in [6.07, 6.45) is 1.40. The van der Waals surface area contributed by atoms with Gasteiger partial charge >= 0.3 is 5.69 Å². The maximum Gasteiger partial charge on any atom is 0.350 e. The average molecular weight is 373 g/mol. The highest BCUT2D eigenvalue weighted by Crippen LogP contribution is 2.48. The second kappa shape index (κ2) is 6.31. The van der Waals surface area contributed by atoms with Gasteiger partial charge < -0.3 is 9.47 Å². The molecule has 0 aliphatic carbocycles. The molecule has 1 fully saturated rings. The Morgan fingerprint density at radius 3 is 2.52 bits per heavy atom. The monoisotopic (exact) mass is 373 g/mol. The summed E-state index contributed by atoms with van der Waals surface area (Å²) in [7, 11) is 1.56. The van der Waals surface area contributed by atoms with E-state index < -0.39 is 23.3 Å². The topological polar surface area (TPSA) is 61.6 Å². The summed E-state index contributed by atoms with van der Waals surface area (Å²) in [4.78, 5) is 12.8. The highest BCUT2D eigenvalue weighted by Gasteiger charge is 2.54. The van der Waals surface area contributed by atoms with Crippen molar-refractivity contribution in [2.75, 3.05) is 13.7 Å². The van der Waals surface area contributed by atoms with Crippen molar-refractivity contribution in [1.82, 2.24) is 14.3 Å². The number of hydrogen-bond acceptors (Lipinski definition) is 4. The minimum atomic E-state index is -1.04. The van der Waals surface area contributed by atoms with Crippen molar-refractivity contribution in [3.8, 4) is 11.4 Å². The summed E-state index contributed by atoms with van der Waals surface area (Å²) in [6, 6.07) is 9.70. The van der Waals surface area contributed by atoms with E-state index in [2.05, 4.69) is 5.10 Å². The fraction of sp³-hybridized carbons (Fsp3) is 0.263. The van der Waals surface area contributed by atoms with E-state index in [0.29, 0.717) is 11.4 Å². The molecule has 1 aliphatic rings.